The number of aromatic nitrogens is 2. The summed E-state index contributed by atoms with van der Waals surface area (Å²) in [5, 5.41) is 2.22. The molecule has 0 unspecified atom stereocenters. The number of aldehydes is 1. The summed E-state index contributed by atoms with van der Waals surface area (Å²) < 4.78 is 2.12. The molecular formula is C17H12Br2N2O. The number of rotatable bonds is 1. The van der Waals surface area contributed by atoms with E-state index in [1.54, 1.807) is 6.20 Å². The number of nitrogens with one attached hydrogen (secondary N) is 2. The van der Waals surface area contributed by atoms with Crippen molar-refractivity contribution >= 4 is 60.0 Å². The Balaban J connectivity index is 0.000000133. The molecule has 4 aromatic rings. The van der Waals surface area contributed by atoms with E-state index in [0.717, 1.165) is 26.1 Å². The molecule has 0 aliphatic rings. The number of carbonyl (C=O) groups is 1. The summed E-state index contributed by atoms with van der Waals surface area (Å²) in [4.78, 5) is 16.7. The normalized spacial score (nSPS) is 10.5. The van der Waals surface area contributed by atoms with Gasteiger partial charge in [-0.15, -0.1) is 0 Å². The summed E-state index contributed by atoms with van der Waals surface area (Å²) >= 11 is 6.75. The third-order valence-corrected chi connectivity index (χ3v) is 4.31. The minimum absolute atomic E-state index is 0.706. The molecular weight excluding hydrogens is 408 g/mol. The number of fused-ring (bicyclic) bond motifs is 2. The van der Waals surface area contributed by atoms with Crippen LogP contribution >= 0.6 is 31.9 Å². The second-order valence-corrected chi connectivity index (χ2v) is 6.59. The Hall–Kier alpha value is -1.85. The Kier molecular flexibility index (Phi) is 4.45. The highest BCUT2D eigenvalue weighted by molar-refractivity contribution is 9.10. The topological polar surface area (TPSA) is 48.6 Å². The lowest BCUT2D eigenvalue weighted by molar-refractivity contribution is 0.112. The van der Waals surface area contributed by atoms with E-state index in [1.807, 2.05) is 30.5 Å². The van der Waals surface area contributed by atoms with Gasteiger partial charge in [-0.05, 0) is 35.7 Å². The molecule has 0 fully saturated rings. The number of hydrogen-bond donors (Lipinski definition) is 2. The van der Waals surface area contributed by atoms with Gasteiger partial charge >= 0.3 is 0 Å². The number of benzene rings is 2. The molecule has 110 valence electrons. The third kappa shape index (κ3) is 3.15. The molecule has 0 atom stereocenters. The van der Waals surface area contributed by atoms with E-state index in [2.05, 4.69) is 60.0 Å². The van der Waals surface area contributed by atoms with E-state index in [4.69, 9.17) is 0 Å². The van der Waals surface area contributed by atoms with Crippen molar-refractivity contribution in [1.29, 1.82) is 0 Å². The molecule has 0 saturated carbocycles. The average Bonchev–Trinajstić information content (AvgIpc) is 3.12. The molecule has 2 aromatic carbocycles. The molecule has 3 nitrogen and oxygen atoms in total. The number of aromatic amines is 2. The lowest BCUT2D eigenvalue weighted by Gasteiger charge is -1.90. The molecule has 2 N–H and O–H groups in total. The predicted octanol–water partition coefficient (Wildman–Crippen LogP) is 5.67. The molecule has 0 bridgehead atoms. The van der Waals surface area contributed by atoms with Crippen molar-refractivity contribution in [3.8, 4) is 0 Å². The van der Waals surface area contributed by atoms with Crippen molar-refractivity contribution in [3.63, 3.8) is 0 Å². The quantitative estimate of drug-likeness (QED) is 0.383. The SMILES string of the molecule is Brc1ccc2cc[nH]c2c1.O=Cc1c[nH]c2cc(Br)ccc12. The molecule has 0 aliphatic heterocycles. The highest BCUT2D eigenvalue weighted by Crippen LogP contribution is 2.21. The molecule has 0 radical (unpaired) electrons. The molecule has 0 spiro atoms. The Bertz CT molecular complexity index is 940. The summed E-state index contributed by atoms with van der Waals surface area (Å²) in [6, 6.07) is 14.0. The van der Waals surface area contributed by atoms with Crippen molar-refractivity contribution < 1.29 is 4.79 Å². The highest BCUT2D eigenvalue weighted by Gasteiger charge is 2.01. The predicted molar refractivity (Wildman–Crippen MR) is 97.4 cm³/mol. The van der Waals surface area contributed by atoms with Gasteiger partial charge in [-0.1, -0.05) is 44.0 Å². The van der Waals surface area contributed by atoms with Gasteiger partial charge in [0.15, 0.2) is 6.29 Å². The minimum Gasteiger partial charge on any atom is -0.361 e. The van der Waals surface area contributed by atoms with Gasteiger partial charge in [-0.3, -0.25) is 4.79 Å². The van der Waals surface area contributed by atoms with Crippen LogP contribution < -0.4 is 0 Å². The van der Waals surface area contributed by atoms with Gasteiger partial charge in [0.25, 0.3) is 0 Å². The Morgan fingerprint density at radius 2 is 1.59 bits per heavy atom. The monoisotopic (exact) mass is 418 g/mol. The third-order valence-electron chi connectivity index (χ3n) is 3.32. The van der Waals surface area contributed by atoms with Crippen LogP contribution in [0.1, 0.15) is 10.4 Å². The fraction of sp³-hybridized carbons (Fsp3) is 0. The zero-order valence-electron chi connectivity index (χ0n) is 11.4. The van der Waals surface area contributed by atoms with E-state index < -0.39 is 0 Å². The summed E-state index contributed by atoms with van der Waals surface area (Å²) in [7, 11) is 0. The molecule has 2 heterocycles. The van der Waals surface area contributed by atoms with Crippen molar-refractivity contribution in [2.75, 3.05) is 0 Å². The fourth-order valence-corrected chi connectivity index (χ4v) is 2.96. The van der Waals surface area contributed by atoms with Gasteiger partial charge in [0.1, 0.15) is 0 Å². The standard InChI is InChI=1S/C9H6BrNO.C8H6BrN/c10-7-1-2-8-6(5-12)4-11-9(8)3-7;9-7-2-1-6-3-4-10-8(6)5-7/h1-5,11H;1-5,10H. The minimum atomic E-state index is 0.706. The van der Waals surface area contributed by atoms with Crippen LogP contribution in [0.3, 0.4) is 0 Å². The number of carbonyl (C=O) groups excluding carboxylic acids is 1. The highest BCUT2D eigenvalue weighted by atomic mass is 79.9. The Labute approximate surface area is 144 Å². The molecule has 0 saturated heterocycles. The lowest BCUT2D eigenvalue weighted by atomic mass is 10.2. The van der Waals surface area contributed by atoms with Gasteiger partial charge in [-0.25, -0.2) is 0 Å². The second-order valence-electron chi connectivity index (χ2n) is 4.76. The molecule has 0 amide bonds. The van der Waals surface area contributed by atoms with E-state index in [9.17, 15) is 4.79 Å². The van der Waals surface area contributed by atoms with Crippen LogP contribution in [0.5, 0.6) is 0 Å². The van der Waals surface area contributed by atoms with Crippen LogP contribution in [0.25, 0.3) is 21.8 Å². The number of H-pyrrole nitrogens is 2. The summed E-state index contributed by atoms with van der Waals surface area (Å²) in [5.74, 6) is 0. The first kappa shape index (κ1) is 15.1. The second kappa shape index (κ2) is 6.50. The van der Waals surface area contributed by atoms with Crippen molar-refractivity contribution in [3.05, 3.63) is 69.4 Å². The molecule has 2 aromatic heterocycles. The summed E-state index contributed by atoms with van der Waals surface area (Å²) in [6.07, 6.45) is 4.51. The van der Waals surface area contributed by atoms with Gasteiger partial charge in [0.05, 0.1) is 0 Å². The first-order chi connectivity index (χ1) is 10.7. The van der Waals surface area contributed by atoms with Crippen LogP contribution in [0.4, 0.5) is 0 Å². The summed E-state index contributed by atoms with van der Waals surface area (Å²) in [5.41, 5.74) is 2.86. The Morgan fingerprint density at radius 1 is 0.864 bits per heavy atom. The molecule has 4 rings (SSSR count). The smallest absolute Gasteiger partial charge is 0.152 e. The van der Waals surface area contributed by atoms with Crippen LogP contribution in [-0.2, 0) is 0 Å². The largest absolute Gasteiger partial charge is 0.361 e. The van der Waals surface area contributed by atoms with Crippen molar-refractivity contribution in [1.82, 2.24) is 9.97 Å². The van der Waals surface area contributed by atoms with Crippen LogP contribution in [0.2, 0.25) is 0 Å². The van der Waals surface area contributed by atoms with E-state index in [-0.39, 0.29) is 0 Å². The van der Waals surface area contributed by atoms with Gasteiger partial charge in [0.2, 0.25) is 0 Å². The average molecular weight is 420 g/mol. The maximum absolute atomic E-state index is 10.5. The maximum Gasteiger partial charge on any atom is 0.152 e. The van der Waals surface area contributed by atoms with Crippen LogP contribution in [-0.4, -0.2) is 16.3 Å². The number of hydrogen-bond acceptors (Lipinski definition) is 1. The summed E-state index contributed by atoms with van der Waals surface area (Å²) in [6.45, 7) is 0. The zero-order valence-corrected chi connectivity index (χ0v) is 14.6. The molecule has 22 heavy (non-hydrogen) atoms. The van der Waals surface area contributed by atoms with E-state index in [1.165, 1.54) is 10.9 Å². The van der Waals surface area contributed by atoms with Gasteiger partial charge in [-0.2, -0.15) is 0 Å². The van der Waals surface area contributed by atoms with Crippen molar-refractivity contribution in [2.45, 2.75) is 0 Å². The first-order valence-corrected chi connectivity index (χ1v) is 8.20. The first-order valence-electron chi connectivity index (χ1n) is 6.62. The zero-order chi connectivity index (χ0) is 15.5. The van der Waals surface area contributed by atoms with Crippen LogP contribution in [0.15, 0.2) is 63.8 Å². The Morgan fingerprint density at radius 3 is 2.36 bits per heavy atom. The van der Waals surface area contributed by atoms with Gasteiger partial charge in [0, 0.05) is 43.3 Å². The van der Waals surface area contributed by atoms with E-state index in [0.29, 0.717) is 5.56 Å². The van der Waals surface area contributed by atoms with Crippen LogP contribution in [0, 0.1) is 0 Å². The lowest BCUT2D eigenvalue weighted by Crippen LogP contribution is -1.73. The maximum atomic E-state index is 10.5. The fourth-order valence-electron chi connectivity index (χ4n) is 2.24. The van der Waals surface area contributed by atoms with Gasteiger partial charge < -0.3 is 9.97 Å². The van der Waals surface area contributed by atoms with E-state index >= 15 is 0 Å². The van der Waals surface area contributed by atoms with Crippen molar-refractivity contribution in [2.24, 2.45) is 0 Å². The number of halogens is 2. The molecule has 5 heteroatoms. The molecule has 0 aliphatic carbocycles.